The summed E-state index contributed by atoms with van der Waals surface area (Å²) in [6.07, 6.45) is 1.42. The van der Waals surface area contributed by atoms with Gasteiger partial charge in [0.25, 0.3) is 5.91 Å². The Balaban J connectivity index is 1.92. The Hall–Kier alpha value is -2.15. The van der Waals surface area contributed by atoms with E-state index in [1.165, 1.54) is 0 Å². The zero-order valence-electron chi connectivity index (χ0n) is 11.0. The van der Waals surface area contributed by atoms with Gasteiger partial charge >= 0.3 is 5.97 Å². The number of hydrogen-bond acceptors (Lipinski definition) is 5. The average molecular weight is 279 g/mol. The van der Waals surface area contributed by atoms with Crippen LogP contribution in [0, 0.1) is 0 Å². The molecule has 7 heteroatoms. The number of nitrogens with two attached hydrogens (primary N) is 1. The van der Waals surface area contributed by atoms with Crippen molar-refractivity contribution in [3.63, 3.8) is 0 Å². The van der Waals surface area contributed by atoms with Gasteiger partial charge in [0.2, 0.25) is 0 Å². The van der Waals surface area contributed by atoms with Crippen LogP contribution < -0.4 is 10.6 Å². The molecule has 2 heterocycles. The number of aliphatic carboxylic acids is 1. The van der Waals surface area contributed by atoms with E-state index in [-0.39, 0.29) is 18.4 Å². The molecule has 0 aromatic carbocycles. The molecule has 0 unspecified atom stereocenters. The lowest BCUT2D eigenvalue weighted by atomic mass is 10.1. The molecule has 7 nitrogen and oxygen atoms in total. The average Bonchev–Trinajstić information content (AvgIpc) is 2.46. The predicted octanol–water partition coefficient (Wildman–Crippen LogP) is 0.250. The molecule has 108 valence electrons. The number of piperidine rings is 1. The molecular formula is C13H17N3O4. The van der Waals surface area contributed by atoms with Crippen molar-refractivity contribution in [1.29, 1.82) is 0 Å². The molecular weight excluding hydrogens is 262 g/mol. The van der Waals surface area contributed by atoms with Crippen molar-refractivity contribution in [3.05, 3.63) is 23.9 Å². The summed E-state index contributed by atoms with van der Waals surface area (Å²) in [6, 6.07) is 5.15. The first-order chi connectivity index (χ1) is 9.56. The summed E-state index contributed by atoms with van der Waals surface area (Å²) >= 11 is 0. The zero-order chi connectivity index (χ0) is 14.5. The van der Waals surface area contributed by atoms with E-state index in [0.29, 0.717) is 18.9 Å². The van der Waals surface area contributed by atoms with Gasteiger partial charge in [0.05, 0.1) is 6.10 Å². The molecule has 0 bridgehead atoms. The lowest BCUT2D eigenvalue weighted by molar-refractivity contribution is -0.144. The Morgan fingerprint density at radius 2 is 2.10 bits per heavy atom. The van der Waals surface area contributed by atoms with Crippen LogP contribution in [0.15, 0.2) is 18.2 Å². The van der Waals surface area contributed by atoms with E-state index in [2.05, 4.69) is 4.98 Å². The summed E-state index contributed by atoms with van der Waals surface area (Å²) in [5, 5.41) is 8.57. The standard InChI is InChI=1S/C13H17N3O4/c14-13(19)10-2-1-3-11(15-10)16-6-4-9(5-7-16)20-8-12(17)18/h1-3,9H,4-8H2,(H2,14,19)(H,17,18). The van der Waals surface area contributed by atoms with Crippen LogP contribution in [-0.2, 0) is 9.53 Å². The third-order valence-electron chi connectivity index (χ3n) is 3.20. The summed E-state index contributed by atoms with van der Waals surface area (Å²) in [7, 11) is 0. The topological polar surface area (TPSA) is 106 Å². The van der Waals surface area contributed by atoms with E-state index in [0.717, 1.165) is 12.8 Å². The number of anilines is 1. The summed E-state index contributed by atoms with van der Waals surface area (Å²) < 4.78 is 5.27. The minimum atomic E-state index is -0.955. The summed E-state index contributed by atoms with van der Waals surface area (Å²) in [5.74, 6) is -0.798. The summed E-state index contributed by atoms with van der Waals surface area (Å²) in [5.41, 5.74) is 5.45. The van der Waals surface area contributed by atoms with Crippen molar-refractivity contribution in [3.8, 4) is 0 Å². The fraction of sp³-hybridized carbons (Fsp3) is 0.462. The van der Waals surface area contributed by atoms with Crippen LogP contribution in [-0.4, -0.2) is 47.8 Å². The van der Waals surface area contributed by atoms with Crippen molar-refractivity contribution in [2.75, 3.05) is 24.6 Å². The van der Waals surface area contributed by atoms with Crippen molar-refractivity contribution < 1.29 is 19.4 Å². The van der Waals surface area contributed by atoms with Crippen LogP contribution in [0.2, 0.25) is 0 Å². The predicted molar refractivity (Wildman–Crippen MR) is 71.6 cm³/mol. The number of carboxylic acids is 1. The van der Waals surface area contributed by atoms with E-state index in [1.54, 1.807) is 12.1 Å². The van der Waals surface area contributed by atoms with Gasteiger partial charge in [-0.05, 0) is 25.0 Å². The Labute approximate surface area is 116 Å². The van der Waals surface area contributed by atoms with Gasteiger partial charge in [-0.15, -0.1) is 0 Å². The van der Waals surface area contributed by atoms with Crippen LogP contribution in [0.4, 0.5) is 5.82 Å². The SMILES string of the molecule is NC(=O)c1cccc(N2CCC(OCC(=O)O)CC2)n1. The van der Waals surface area contributed by atoms with Gasteiger partial charge in [-0.2, -0.15) is 0 Å². The second-order valence-electron chi connectivity index (χ2n) is 4.64. The van der Waals surface area contributed by atoms with Crippen LogP contribution in [0.1, 0.15) is 23.3 Å². The fourth-order valence-corrected chi connectivity index (χ4v) is 2.18. The number of rotatable bonds is 5. The number of nitrogens with zero attached hydrogens (tertiary/aromatic N) is 2. The number of pyridine rings is 1. The quantitative estimate of drug-likeness (QED) is 0.800. The molecule has 1 saturated heterocycles. The molecule has 1 aliphatic rings. The highest BCUT2D eigenvalue weighted by Crippen LogP contribution is 2.19. The maximum atomic E-state index is 11.1. The number of primary amides is 1. The Morgan fingerprint density at radius 1 is 1.40 bits per heavy atom. The van der Waals surface area contributed by atoms with Gasteiger partial charge in [-0.1, -0.05) is 6.07 Å². The molecule has 0 aliphatic carbocycles. The van der Waals surface area contributed by atoms with Crippen molar-refractivity contribution >= 4 is 17.7 Å². The molecule has 0 atom stereocenters. The first kappa shape index (κ1) is 14.3. The number of ether oxygens (including phenoxy) is 1. The molecule has 3 N–H and O–H groups in total. The molecule has 1 aliphatic heterocycles. The van der Waals surface area contributed by atoms with Gasteiger partial charge in [0, 0.05) is 13.1 Å². The number of carboxylic acid groups (broad SMARTS) is 1. The molecule has 1 aromatic heterocycles. The third kappa shape index (κ3) is 3.67. The van der Waals surface area contributed by atoms with E-state index in [4.69, 9.17) is 15.6 Å². The van der Waals surface area contributed by atoms with Gasteiger partial charge in [0.1, 0.15) is 18.1 Å². The van der Waals surface area contributed by atoms with Crippen LogP contribution in [0.5, 0.6) is 0 Å². The van der Waals surface area contributed by atoms with Crippen molar-refractivity contribution in [1.82, 2.24) is 4.98 Å². The highest BCUT2D eigenvalue weighted by Gasteiger charge is 2.21. The molecule has 0 radical (unpaired) electrons. The Kier molecular flexibility index (Phi) is 4.52. The maximum Gasteiger partial charge on any atom is 0.329 e. The van der Waals surface area contributed by atoms with Gasteiger partial charge in [-0.25, -0.2) is 9.78 Å². The highest BCUT2D eigenvalue weighted by atomic mass is 16.5. The second kappa shape index (κ2) is 6.33. The van der Waals surface area contributed by atoms with Gasteiger partial charge in [0.15, 0.2) is 0 Å². The number of carbonyl (C=O) groups excluding carboxylic acids is 1. The lowest BCUT2D eigenvalue weighted by Gasteiger charge is -2.32. The van der Waals surface area contributed by atoms with E-state index >= 15 is 0 Å². The van der Waals surface area contributed by atoms with Crippen molar-refractivity contribution in [2.24, 2.45) is 5.73 Å². The lowest BCUT2D eigenvalue weighted by Crippen LogP contribution is -2.38. The van der Waals surface area contributed by atoms with E-state index < -0.39 is 11.9 Å². The number of hydrogen-bond donors (Lipinski definition) is 2. The van der Waals surface area contributed by atoms with E-state index in [9.17, 15) is 9.59 Å². The van der Waals surface area contributed by atoms with E-state index in [1.807, 2.05) is 11.0 Å². The minimum Gasteiger partial charge on any atom is -0.480 e. The van der Waals surface area contributed by atoms with Crippen LogP contribution in [0.25, 0.3) is 0 Å². The normalized spacial score (nSPS) is 16.1. The molecule has 1 aromatic rings. The van der Waals surface area contributed by atoms with Gasteiger partial charge < -0.3 is 20.5 Å². The second-order valence-corrected chi connectivity index (χ2v) is 4.64. The van der Waals surface area contributed by atoms with Crippen LogP contribution >= 0.6 is 0 Å². The molecule has 1 fully saturated rings. The Morgan fingerprint density at radius 3 is 2.70 bits per heavy atom. The molecule has 20 heavy (non-hydrogen) atoms. The largest absolute Gasteiger partial charge is 0.480 e. The van der Waals surface area contributed by atoms with Crippen LogP contribution in [0.3, 0.4) is 0 Å². The first-order valence-corrected chi connectivity index (χ1v) is 6.41. The summed E-state index contributed by atoms with van der Waals surface area (Å²) in [4.78, 5) is 27.8. The highest BCUT2D eigenvalue weighted by molar-refractivity contribution is 5.91. The number of aromatic nitrogens is 1. The Bertz CT molecular complexity index is 498. The molecule has 2 rings (SSSR count). The first-order valence-electron chi connectivity index (χ1n) is 6.41. The monoisotopic (exact) mass is 279 g/mol. The van der Waals surface area contributed by atoms with Crippen molar-refractivity contribution in [2.45, 2.75) is 18.9 Å². The molecule has 0 saturated carbocycles. The van der Waals surface area contributed by atoms with Gasteiger partial charge in [-0.3, -0.25) is 4.79 Å². The zero-order valence-corrected chi connectivity index (χ0v) is 11.0. The number of amides is 1. The maximum absolute atomic E-state index is 11.1. The minimum absolute atomic E-state index is 0.0401. The molecule has 0 spiro atoms. The fourth-order valence-electron chi connectivity index (χ4n) is 2.18. The smallest absolute Gasteiger partial charge is 0.329 e. The number of carbonyl (C=O) groups is 2. The third-order valence-corrected chi connectivity index (χ3v) is 3.20. The molecule has 1 amide bonds. The summed E-state index contributed by atoms with van der Waals surface area (Å²) in [6.45, 7) is 1.15.